The molecule has 2 aromatic rings. The monoisotopic (exact) mass is 310 g/mol. The Morgan fingerprint density at radius 2 is 2.15 bits per heavy atom. The number of nitrogens with one attached hydrogen (secondary N) is 1. The molecular formula is C14H15ClN2O2S. The Kier molecular flexibility index (Phi) is 5.38. The second kappa shape index (κ2) is 7.26. The predicted molar refractivity (Wildman–Crippen MR) is 81.7 cm³/mol. The minimum atomic E-state index is -0.0425. The van der Waals surface area contributed by atoms with Crippen LogP contribution >= 0.6 is 22.9 Å². The number of anilines is 1. The maximum Gasteiger partial charge on any atom is 0.226 e. The van der Waals surface area contributed by atoms with Crippen LogP contribution in [0.25, 0.3) is 0 Å². The fourth-order valence-electron chi connectivity index (χ4n) is 1.55. The van der Waals surface area contributed by atoms with Gasteiger partial charge >= 0.3 is 0 Å². The highest BCUT2D eigenvalue weighted by molar-refractivity contribution is 7.15. The SMILES string of the molecule is Cc1cnc(NC(=O)CCCOc2ccc(Cl)cc2)s1. The van der Waals surface area contributed by atoms with E-state index in [4.69, 9.17) is 16.3 Å². The molecule has 1 N–H and O–H groups in total. The number of ether oxygens (including phenoxy) is 1. The molecule has 0 fully saturated rings. The average Bonchev–Trinajstić information content (AvgIpc) is 2.82. The normalized spacial score (nSPS) is 10.3. The number of carbonyl (C=O) groups is 1. The highest BCUT2D eigenvalue weighted by Gasteiger charge is 2.05. The van der Waals surface area contributed by atoms with Gasteiger partial charge in [-0.25, -0.2) is 4.98 Å². The number of benzene rings is 1. The summed E-state index contributed by atoms with van der Waals surface area (Å²) in [5.41, 5.74) is 0. The third-order valence-electron chi connectivity index (χ3n) is 2.50. The minimum absolute atomic E-state index is 0.0425. The molecule has 1 aromatic heterocycles. The van der Waals surface area contributed by atoms with Crippen molar-refractivity contribution in [2.75, 3.05) is 11.9 Å². The van der Waals surface area contributed by atoms with Crippen LogP contribution in [0.4, 0.5) is 5.13 Å². The van der Waals surface area contributed by atoms with E-state index in [0.29, 0.717) is 29.6 Å². The third-order valence-corrected chi connectivity index (χ3v) is 3.58. The zero-order valence-electron chi connectivity index (χ0n) is 11.1. The quantitative estimate of drug-likeness (QED) is 0.823. The van der Waals surface area contributed by atoms with E-state index in [1.165, 1.54) is 11.3 Å². The summed E-state index contributed by atoms with van der Waals surface area (Å²) in [6, 6.07) is 7.16. The Morgan fingerprint density at radius 3 is 2.80 bits per heavy atom. The molecule has 1 aromatic carbocycles. The first-order chi connectivity index (χ1) is 9.63. The summed E-state index contributed by atoms with van der Waals surface area (Å²) in [5.74, 6) is 0.712. The van der Waals surface area contributed by atoms with Gasteiger partial charge in [0.2, 0.25) is 5.91 Å². The maximum atomic E-state index is 11.7. The molecule has 4 nitrogen and oxygen atoms in total. The lowest BCUT2D eigenvalue weighted by Gasteiger charge is -2.06. The summed E-state index contributed by atoms with van der Waals surface area (Å²) in [6.07, 6.45) is 2.80. The van der Waals surface area contributed by atoms with Crippen molar-refractivity contribution in [1.29, 1.82) is 0 Å². The largest absolute Gasteiger partial charge is 0.494 e. The van der Waals surface area contributed by atoms with Crippen LogP contribution < -0.4 is 10.1 Å². The average molecular weight is 311 g/mol. The number of thiazole rings is 1. The zero-order valence-corrected chi connectivity index (χ0v) is 12.6. The maximum absolute atomic E-state index is 11.7. The number of nitrogens with zero attached hydrogens (tertiary/aromatic N) is 1. The van der Waals surface area contributed by atoms with Gasteiger partial charge in [0, 0.05) is 22.5 Å². The minimum Gasteiger partial charge on any atom is -0.494 e. The van der Waals surface area contributed by atoms with Crippen LogP contribution in [0.15, 0.2) is 30.5 Å². The van der Waals surface area contributed by atoms with Crippen molar-refractivity contribution in [3.8, 4) is 5.75 Å². The molecule has 1 amide bonds. The Labute approximate surface area is 126 Å². The molecule has 0 bridgehead atoms. The van der Waals surface area contributed by atoms with Gasteiger partial charge in [-0.15, -0.1) is 11.3 Å². The van der Waals surface area contributed by atoms with Crippen LogP contribution in [0.1, 0.15) is 17.7 Å². The molecule has 0 atom stereocenters. The van der Waals surface area contributed by atoms with Crippen LogP contribution in [-0.2, 0) is 4.79 Å². The number of hydrogen-bond donors (Lipinski definition) is 1. The highest BCUT2D eigenvalue weighted by Crippen LogP contribution is 2.17. The molecule has 0 saturated heterocycles. The lowest BCUT2D eigenvalue weighted by Crippen LogP contribution is -2.12. The molecule has 0 aliphatic carbocycles. The van der Waals surface area contributed by atoms with Gasteiger partial charge in [-0.05, 0) is 37.6 Å². The summed E-state index contributed by atoms with van der Waals surface area (Å²) in [5, 5.41) is 4.09. The second-order valence-corrected chi connectivity index (χ2v) is 5.90. The van der Waals surface area contributed by atoms with E-state index in [9.17, 15) is 4.79 Å². The molecule has 0 saturated carbocycles. The molecule has 106 valence electrons. The Hall–Kier alpha value is -1.59. The summed E-state index contributed by atoms with van der Waals surface area (Å²) in [4.78, 5) is 16.8. The lowest BCUT2D eigenvalue weighted by molar-refractivity contribution is -0.116. The summed E-state index contributed by atoms with van der Waals surface area (Å²) < 4.78 is 5.51. The molecule has 6 heteroatoms. The van der Waals surface area contributed by atoms with Crippen molar-refractivity contribution in [2.45, 2.75) is 19.8 Å². The smallest absolute Gasteiger partial charge is 0.226 e. The van der Waals surface area contributed by atoms with E-state index in [1.54, 1.807) is 30.5 Å². The second-order valence-electron chi connectivity index (χ2n) is 4.23. The fraction of sp³-hybridized carbons (Fsp3) is 0.286. The topological polar surface area (TPSA) is 51.2 Å². The number of aromatic nitrogens is 1. The Morgan fingerprint density at radius 1 is 1.40 bits per heavy atom. The molecule has 0 aliphatic rings. The molecule has 2 rings (SSSR count). The van der Waals surface area contributed by atoms with Gasteiger partial charge in [0.1, 0.15) is 5.75 Å². The van der Waals surface area contributed by atoms with E-state index >= 15 is 0 Å². The Balaban J connectivity index is 1.65. The van der Waals surface area contributed by atoms with E-state index in [2.05, 4.69) is 10.3 Å². The fourth-order valence-corrected chi connectivity index (χ4v) is 2.35. The van der Waals surface area contributed by atoms with Crippen molar-refractivity contribution in [1.82, 2.24) is 4.98 Å². The standard InChI is InChI=1S/C14H15ClN2O2S/c1-10-9-16-14(20-10)17-13(18)3-2-8-19-12-6-4-11(15)5-7-12/h4-7,9H,2-3,8H2,1H3,(H,16,17,18). The zero-order chi connectivity index (χ0) is 14.4. The van der Waals surface area contributed by atoms with E-state index in [-0.39, 0.29) is 5.91 Å². The molecule has 0 aliphatic heterocycles. The number of amides is 1. The van der Waals surface area contributed by atoms with Gasteiger partial charge in [0.05, 0.1) is 6.61 Å². The summed E-state index contributed by atoms with van der Waals surface area (Å²) in [7, 11) is 0. The number of rotatable bonds is 6. The molecule has 0 radical (unpaired) electrons. The van der Waals surface area contributed by atoms with Gasteiger partial charge in [0.25, 0.3) is 0 Å². The van der Waals surface area contributed by atoms with Crippen LogP contribution in [0.2, 0.25) is 5.02 Å². The predicted octanol–water partition coefficient (Wildman–Crippen LogP) is 3.90. The number of aryl methyl sites for hydroxylation is 1. The summed E-state index contributed by atoms with van der Waals surface area (Å²) >= 11 is 7.25. The van der Waals surface area contributed by atoms with Crippen molar-refractivity contribution >= 4 is 34.0 Å². The van der Waals surface area contributed by atoms with Gasteiger partial charge < -0.3 is 10.1 Å². The van der Waals surface area contributed by atoms with E-state index in [1.807, 2.05) is 6.92 Å². The molecule has 20 heavy (non-hydrogen) atoms. The molecule has 0 spiro atoms. The van der Waals surface area contributed by atoms with Gasteiger partial charge in [-0.3, -0.25) is 4.79 Å². The van der Waals surface area contributed by atoms with Crippen molar-refractivity contribution in [2.24, 2.45) is 0 Å². The number of hydrogen-bond acceptors (Lipinski definition) is 4. The molecule has 1 heterocycles. The van der Waals surface area contributed by atoms with E-state index < -0.39 is 0 Å². The van der Waals surface area contributed by atoms with Gasteiger partial charge in [-0.2, -0.15) is 0 Å². The first-order valence-corrected chi connectivity index (χ1v) is 7.43. The summed E-state index contributed by atoms with van der Waals surface area (Å²) in [6.45, 7) is 2.44. The van der Waals surface area contributed by atoms with E-state index in [0.717, 1.165) is 10.6 Å². The van der Waals surface area contributed by atoms with Crippen LogP contribution in [-0.4, -0.2) is 17.5 Å². The van der Waals surface area contributed by atoms with Crippen molar-refractivity contribution in [3.05, 3.63) is 40.4 Å². The number of halogens is 1. The Bertz CT molecular complexity index is 569. The van der Waals surface area contributed by atoms with Crippen LogP contribution in [0, 0.1) is 6.92 Å². The van der Waals surface area contributed by atoms with Gasteiger partial charge in [0.15, 0.2) is 5.13 Å². The van der Waals surface area contributed by atoms with Crippen LogP contribution in [0.3, 0.4) is 0 Å². The first kappa shape index (κ1) is 14.8. The molecular weight excluding hydrogens is 296 g/mol. The van der Waals surface area contributed by atoms with Crippen molar-refractivity contribution < 1.29 is 9.53 Å². The lowest BCUT2D eigenvalue weighted by atomic mass is 10.3. The third kappa shape index (κ3) is 4.83. The van der Waals surface area contributed by atoms with Crippen LogP contribution in [0.5, 0.6) is 5.75 Å². The van der Waals surface area contributed by atoms with Gasteiger partial charge in [-0.1, -0.05) is 11.6 Å². The number of carbonyl (C=O) groups excluding carboxylic acids is 1. The highest BCUT2D eigenvalue weighted by atomic mass is 35.5. The first-order valence-electron chi connectivity index (χ1n) is 6.24. The van der Waals surface area contributed by atoms with Crippen molar-refractivity contribution in [3.63, 3.8) is 0 Å². The molecule has 0 unspecified atom stereocenters.